The van der Waals surface area contributed by atoms with Gasteiger partial charge in [0.2, 0.25) is 5.91 Å². The van der Waals surface area contributed by atoms with Crippen molar-refractivity contribution in [2.45, 2.75) is 19.9 Å². The molecule has 0 aromatic heterocycles. The average molecular weight is 542 g/mol. The van der Waals surface area contributed by atoms with E-state index in [9.17, 15) is 4.79 Å². The minimum absolute atomic E-state index is 0. The molecule has 2 aromatic rings. The Kier molecular flexibility index (Phi) is 10.2. The molecule has 30 heavy (non-hydrogen) atoms. The molecular formula is C22H29ClIN5O. The first-order chi connectivity index (χ1) is 14.1. The van der Waals surface area contributed by atoms with Gasteiger partial charge >= 0.3 is 0 Å². The van der Waals surface area contributed by atoms with Crippen LogP contribution in [0.4, 0.5) is 5.69 Å². The second kappa shape index (κ2) is 12.6. The van der Waals surface area contributed by atoms with E-state index in [-0.39, 0.29) is 29.9 Å². The molecule has 1 aliphatic heterocycles. The summed E-state index contributed by atoms with van der Waals surface area (Å²) in [6.07, 6.45) is 0.902. The number of benzene rings is 2. The van der Waals surface area contributed by atoms with E-state index >= 15 is 0 Å². The van der Waals surface area contributed by atoms with Gasteiger partial charge in [0.1, 0.15) is 0 Å². The van der Waals surface area contributed by atoms with Crippen molar-refractivity contribution in [2.24, 2.45) is 4.99 Å². The third kappa shape index (κ3) is 7.68. The number of piperazine rings is 1. The van der Waals surface area contributed by atoms with Crippen molar-refractivity contribution in [3.8, 4) is 0 Å². The molecule has 1 amide bonds. The van der Waals surface area contributed by atoms with Crippen LogP contribution in [-0.2, 0) is 17.8 Å². The first-order valence-electron chi connectivity index (χ1n) is 10.0. The average Bonchev–Trinajstić information content (AvgIpc) is 2.74. The second-order valence-electron chi connectivity index (χ2n) is 6.94. The number of guanidine groups is 1. The lowest BCUT2D eigenvalue weighted by Gasteiger charge is -2.28. The summed E-state index contributed by atoms with van der Waals surface area (Å²) in [5.74, 6) is 0.878. The molecule has 0 saturated carbocycles. The van der Waals surface area contributed by atoms with E-state index in [1.807, 2.05) is 24.3 Å². The Morgan fingerprint density at radius 3 is 2.47 bits per heavy atom. The number of carbonyl (C=O) groups is 1. The van der Waals surface area contributed by atoms with E-state index in [4.69, 9.17) is 11.6 Å². The number of rotatable bonds is 7. The molecule has 2 aromatic carbocycles. The van der Waals surface area contributed by atoms with Crippen LogP contribution in [0, 0.1) is 0 Å². The predicted octanol–water partition coefficient (Wildman–Crippen LogP) is 3.19. The van der Waals surface area contributed by atoms with Crippen molar-refractivity contribution in [2.75, 3.05) is 37.6 Å². The Bertz CT molecular complexity index is 826. The second-order valence-corrected chi connectivity index (χ2v) is 7.37. The van der Waals surface area contributed by atoms with E-state index in [2.05, 4.69) is 57.0 Å². The molecule has 0 aliphatic carbocycles. The van der Waals surface area contributed by atoms with Crippen LogP contribution in [-0.4, -0.2) is 44.6 Å². The van der Waals surface area contributed by atoms with Crippen LogP contribution < -0.4 is 20.9 Å². The summed E-state index contributed by atoms with van der Waals surface area (Å²) >= 11 is 5.93. The minimum Gasteiger partial charge on any atom is -0.360 e. The third-order valence-electron chi connectivity index (χ3n) is 4.72. The number of halogens is 2. The van der Waals surface area contributed by atoms with E-state index in [0.29, 0.717) is 19.6 Å². The lowest BCUT2D eigenvalue weighted by atomic mass is 10.1. The fraction of sp³-hybridized carbons (Fsp3) is 0.364. The number of aliphatic imine (C=N–C) groups is 1. The first kappa shape index (κ1) is 24.3. The number of hydrogen-bond acceptors (Lipinski definition) is 3. The molecule has 1 fully saturated rings. The Morgan fingerprint density at radius 1 is 1.10 bits per heavy atom. The van der Waals surface area contributed by atoms with E-state index < -0.39 is 0 Å². The van der Waals surface area contributed by atoms with E-state index in [0.717, 1.165) is 48.3 Å². The molecule has 1 saturated heterocycles. The van der Waals surface area contributed by atoms with Gasteiger partial charge in [-0.05, 0) is 48.7 Å². The Labute approximate surface area is 200 Å². The highest BCUT2D eigenvalue weighted by molar-refractivity contribution is 14.0. The zero-order chi connectivity index (χ0) is 20.5. The third-order valence-corrected chi connectivity index (χ3v) is 4.98. The summed E-state index contributed by atoms with van der Waals surface area (Å²) in [6, 6.07) is 16.2. The molecule has 6 nitrogen and oxygen atoms in total. The van der Waals surface area contributed by atoms with Crippen LogP contribution >= 0.6 is 35.6 Å². The zero-order valence-corrected chi connectivity index (χ0v) is 20.2. The van der Waals surface area contributed by atoms with Gasteiger partial charge in [-0.25, -0.2) is 4.99 Å². The molecule has 162 valence electrons. The number of nitrogens with zero attached hydrogens (tertiary/aromatic N) is 2. The Morgan fingerprint density at radius 2 is 1.80 bits per heavy atom. The Balaban J connectivity index is 0.00000320. The van der Waals surface area contributed by atoms with E-state index in [1.165, 1.54) is 5.56 Å². The van der Waals surface area contributed by atoms with Crippen molar-refractivity contribution >= 4 is 53.1 Å². The smallest absolute Gasteiger partial charge is 0.239 e. The van der Waals surface area contributed by atoms with Gasteiger partial charge in [-0.1, -0.05) is 35.9 Å². The summed E-state index contributed by atoms with van der Waals surface area (Å²) in [5.41, 5.74) is 3.44. The molecular weight excluding hydrogens is 513 g/mol. The maximum absolute atomic E-state index is 11.6. The van der Waals surface area contributed by atoms with E-state index in [1.54, 1.807) is 0 Å². The summed E-state index contributed by atoms with van der Waals surface area (Å²) in [5, 5.41) is 10.3. The lowest BCUT2D eigenvalue weighted by molar-refractivity contribution is -0.120. The van der Waals surface area contributed by atoms with Crippen LogP contribution in [0.2, 0.25) is 5.02 Å². The van der Waals surface area contributed by atoms with Crippen LogP contribution in [0.25, 0.3) is 0 Å². The topological polar surface area (TPSA) is 68.8 Å². The maximum Gasteiger partial charge on any atom is 0.239 e. The summed E-state index contributed by atoms with van der Waals surface area (Å²) in [6.45, 7) is 6.20. The summed E-state index contributed by atoms with van der Waals surface area (Å²) in [7, 11) is 0. The van der Waals surface area contributed by atoms with Gasteiger partial charge in [-0.3, -0.25) is 4.79 Å². The molecule has 8 heteroatoms. The van der Waals surface area contributed by atoms with Gasteiger partial charge in [0.15, 0.2) is 5.96 Å². The molecule has 1 aliphatic rings. The molecule has 0 atom stereocenters. The summed E-state index contributed by atoms with van der Waals surface area (Å²) < 4.78 is 0. The normalized spacial score (nSPS) is 14.0. The van der Waals surface area contributed by atoms with Gasteiger partial charge < -0.3 is 20.9 Å². The van der Waals surface area contributed by atoms with Crippen molar-refractivity contribution < 1.29 is 4.79 Å². The van der Waals surface area contributed by atoms with Gasteiger partial charge in [-0.2, -0.15) is 0 Å². The lowest BCUT2D eigenvalue weighted by Crippen LogP contribution is -2.47. The fourth-order valence-electron chi connectivity index (χ4n) is 3.16. The van der Waals surface area contributed by atoms with Gasteiger partial charge in [0, 0.05) is 36.9 Å². The largest absolute Gasteiger partial charge is 0.360 e. The minimum atomic E-state index is 0. The van der Waals surface area contributed by atoms with Crippen LogP contribution in [0.15, 0.2) is 53.5 Å². The highest BCUT2D eigenvalue weighted by Gasteiger charge is 2.16. The van der Waals surface area contributed by atoms with Crippen LogP contribution in [0.1, 0.15) is 18.1 Å². The molecule has 0 bridgehead atoms. The number of amides is 1. The number of carbonyl (C=O) groups excluding carboxylic acids is 1. The molecule has 0 spiro atoms. The van der Waals surface area contributed by atoms with Gasteiger partial charge in [0.25, 0.3) is 0 Å². The fourth-order valence-corrected chi connectivity index (χ4v) is 3.29. The molecule has 0 radical (unpaired) electrons. The standard InChI is InChI=1S/C22H28ClN5O.HI/c1-2-24-22(26-12-11-17-3-7-19(23)8-4-17)27-15-18-5-9-20(10-6-18)28-14-13-25-21(29)16-28;/h3-10H,2,11-16H2,1H3,(H,25,29)(H2,24,26,27);1H. The van der Waals surface area contributed by atoms with Crippen LogP contribution in [0.5, 0.6) is 0 Å². The van der Waals surface area contributed by atoms with Crippen molar-refractivity contribution in [1.82, 2.24) is 16.0 Å². The number of nitrogens with one attached hydrogen (secondary N) is 3. The molecule has 3 rings (SSSR count). The van der Waals surface area contributed by atoms with Crippen LogP contribution in [0.3, 0.4) is 0 Å². The zero-order valence-electron chi connectivity index (χ0n) is 17.2. The SMILES string of the molecule is CCNC(=NCc1ccc(N2CCNC(=O)C2)cc1)NCCc1ccc(Cl)cc1.I. The maximum atomic E-state index is 11.6. The monoisotopic (exact) mass is 541 g/mol. The van der Waals surface area contributed by atoms with Gasteiger partial charge in [-0.15, -0.1) is 24.0 Å². The first-order valence-corrected chi connectivity index (χ1v) is 10.4. The Hall–Kier alpha value is -2.00. The highest BCUT2D eigenvalue weighted by atomic mass is 127. The van der Waals surface area contributed by atoms with Crippen molar-refractivity contribution in [3.05, 3.63) is 64.7 Å². The van der Waals surface area contributed by atoms with Crippen molar-refractivity contribution in [3.63, 3.8) is 0 Å². The summed E-state index contributed by atoms with van der Waals surface area (Å²) in [4.78, 5) is 18.3. The predicted molar refractivity (Wildman–Crippen MR) is 135 cm³/mol. The number of hydrogen-bond donors (Lipinski definition) is 3. The molecule has 0 unspecified atom stereocenters. The van der Waals surface area contributed by atoms with Gasteiger partial charge in [0.05, 0.1) is 13.1 Å². The van der Waals surface area contributed by atoms with Crippen molar-refractivity contribution in [1.29, 1.82) is 0 Å². The molecule has 3 N–H and O–H groups in total. The molecule has 1 heterocycles. The number of anilines is 1. The highest BCUT2D eigenvalue weighted by Crippen LogP contribution is 2.16. The quantitative estimate of drug-likeness (QED) is 0.286.